The maximum atomic E-state index is 11.5. The minimum atomic E-state index is -0.559. The Morgan fingerprint density at radius 1 is 1.19 bits per heavy atom. The van der Waals surface area contributed by atoms with Gasteiger partial charge < -0.3 is 15.1 Å². The zero-order chi connectivity index (χ0) is 18.5. The van der Waals surface area contributed by atoms with E-state index in [-0.39, 0.29) is 29.7 Å². The predicted octanol–water partition coefficient (Wildman–Crippen LogP) is 3.54. The lowest BCUT2D eigenvalue weighted by Crippen LogP contribution is -2.08. The van der Waals surface area contributed by atoms with Crippen LogP contribution in [0.3, 0.4) is 0 Å². The summed E-state index contributed by atoms with van der Waals surface area (Å²) in [6.45, 7) is 1.71. The highest BCUT2D eigenvalue weighted by Crippen LogP contribution is 2.31. The molecule has 0 saturated heterocycles. The van der Waals surface area contributed by atoms with E-state index in [1.807, 2.05) is 0 Å². The summed E-state index contributed by atoms with van der Waals surface area (Å²) in [5.41, 5.74) is 0.831. The Kier molecular flexibility index (Phi) is 4.88. The number of hydrogen-bond donors (Lipinski definition) is 2. The van der Waals surface area contributed by atoms with Crippen LogP contribution in [-0.2, 0) is 6.54 Å². The highest BCUT2D eigenvalue weighted by Gasteiger charge is 2.23. The topological polar surface area (TPSA) is 123 Å². The second-order valence-electron chi connectivity index (χ2n) is 5.37. The van der Waals surface area contributed by atoms with E-state index in [1.54, 1.807) is 36.4 Å². The van der Waals surface area contributed by atoms with Crippen LogP contribution in [0.5, 0.6) is 0 Å². The van der Waals surface area contributed by atoms with E-state index in [1.165, 1.54) is 19.5 Å². The van der Waals surface area contributed by atoms with E-state index in [2.05, 4.69) is 20.6 Å². The predicted molar refractivity (Wildman–Crippen MR) is 94.5 cm³/mol. The molecule has 2 aromatic heterocycles. The van der Waals surface area contributed by atoms with Crippen molar-refractivity contribution in [3.8, 4) is 0 Å². The smallest absolute Gasteiger partial charge is 0.353 e. The zero-order valence-corrected chi connectivity index (χ0v) is 13.8. The van der Waals surface area contributed by atoms with E-state index in [0.29, 0.717) is 17.0 Å². The van der Waals surface area contributed by atoms with Gasteiger partial charge in [-0.1, -0.05) is 0 Å². The quantitative estimate of drug-likeness (QED) is 0.375. The lowest BCUT2D eigenvalue weighted by atomic mass is 10.1. The standard InChI is InChI=1S/C17H15N5O4/c1-11(23)12-4-6-13(7-5-12)21-17-15(22(24)25)16(19-10-20-17)18-9-14-3-2-8-26-14/h2-8,10H,9H2,1H3,(H2,18,19,20,21). The third-order valence-corrected chi connectivity index (χ3v) is 3.57. The van der Waals surface area contributed by atoms with Crippen LogP contribution in [0.25, 0.3) is 0 Å². The number of carbonyl (C=O) groups is 1. The number of ketones is 1. The molecular formula is C17H15N5O4. The van der Waals surface area contributed by atoms with Crippen molar-refractivity contribution in [1.82, 2.24) is 9.97 Å². The van der Waals surface area contributed by atoms with Gasteiger partial charge in [-0.25, -0.2) is 9.97 Å². The van der Waals surface area contributed by atoms with Crippen molar-refractivity contribution in [2.24, 2.45) is 0 Å². The van der Waals surface area contributed by atoms with Crippen molar-refractivity contribution in [2.75, 3.05) is 10.6 Å². The minimum absolute atomic E-state index is 0.0440. The van der Waals surface area contributed by atoms with Crippen molar-refractivity contribution < 1.29 is 14.1 Å². The molecule has 3 rings (SSSR count). The molecule has 0 aliphatic heterocycles. The second kappa shape index (κ2) is 7.43. The third-order valence-electron chi connectivity index (χ3n) is 3.57. The number of anilines is 3. The Morgan fingerprint density at radius 3 is 2.54 bits per heavy atom. The number of Topliss-reactive ketones (excluding diaryl/α,β-unsaturated/α-hetero) is 1. The van der Waals surface area contributed by atoms with Gasteiger partial charge in [-0.3, -0.25) is 14.9 Å². The lowest BCUT2D eigenvalue weighted by Gasteiger charge is -2.09. The molecule has 9 heteroatoms. The molecule has 1 aromatic carbocycles. The van der Waals surface area contributed by atoms with Gasteiger partial charge >= 0.3 is 5.69 Å². The fourth-order valence-electron chi connectivity index (χ4n) is 2.28. The Balaban J connectivity index is 1.85. The number of benzene rings is 1. The lowest BCUT2D eigenvalue weighted by molar-refractivity contribution is -0.383. The number of hydrogen-bond acceptors (Lipinski definition) is 8. The summed E-state index contributed by atoms with van der Waals surface area (Å²) in [6, 6.07) is 10.0. The van der Waals surface area contributed by atoms with Gasteiger partial charge in [0, 0.05) is 11.3 Å². The van der Waals surface area contributed by atoms with Crippen LogP contribution in [-0.4, -0.2) is 20.7 Å². The van der Waals surface area contributed by atoms with Crippen molar-refractivity contribution >= 4 is 28.8 Å². The molecule has 0 fully saturated rings. The number of aromatic nitrogens is 2. The molecule has 3 aromatic rings. The third kappa shape index (κ3) is 3.83. The largest absolute Gasteiger partial charge is 0.467 e. The van der Waals surface area contributed by atoms with E-state index in [9.17, 15) is 14.9 Å². The van der Waals surface area contributed by atoms with Gasteiger partial charge in [-0.05, 0) is 43.3 Å². The average molecular weight is 353 g/mol. The van der Waals surface area contributed by atoms with Gasteiger partial charge in [0.2, 0.25) is 11.6 Å². The highest BCUT2D eigenvalue weighted by atomic mass is 16.6. The molecule has 0 amide bonds. The first-order chi connectivity index (χ1) is 12.5. The molecule has 0 radical (unpaired) electrons. The van der Waals surface area contributed by atoms with Crippen LogP contribution in [0.4, 0.5) is 23.0 Å². The molecule has 0 unspecified atom stereocenters. The van der Waals surface area contributed by atoms with Gasteiger partial charge in [-0.2, -0.15) is 0 Å². The molecule has 0 bridgehead atoms. The van der Waals surface area contributed by atoms with Crippen LogP contribution in [0, 0.1) is 10.1 Å². The monoisotopic (exact) mass is 353 g/mol. The molecule has 9 nitrogen and oxygen atoms in total. The van der Waals surface area contributed by atoms with Gasteiger partial charge in [-0.15, -0.1) is 0 Å². The molecular weight excluding hydrogens is 338 g/mol. The van der Waals surface area contributed by atoms with Crippen molar-refractivity contribution in [1.29, 1.82) is 0 Å². The molecule has 2 N–H and O–H groups in total. The fraction of sp³-hybridized carbons (Fsp3) is 0.118. The van der Waals surface area contributed by atoms with Gasteiger partial charge in [0.1, 0.15) is 12.1 Å². The van der Waals surface area contributed by atoms with Crippen molar-refractivity contribution in [3.05, 3.63) is 70.4 Å². The second-order valence-corrected chi connectivity index (χ2v) is 5.37. The van der Waals surface area contributed by atoms with Crippen molar-refractivity contribution in [2.45, 2.75) is 13.5 Å². The van der Waals surface area contributed by atoms with Gasteiger partial charge in [0.05, 0.1) is 17.7 Å². The van der Waals surface area contributed by atoms with Gasteiger partial charge in [0.25, 0.3) is 0 Å². The number of nitrogens with zero attached hydrogens (tertiary/aromatic N) is 3. The highest BCUT2D eigenvalue weighted by molar-refractivity contribution is 5.94. The molecule has 132 valence electrons. The average Bonchev–Trinajstić information content (AvgIpc) is 3.14. The molecule has 0 aliphatic rings. The van der Waals surface area contributed by atoms with E-state index >= 15 is 0 Å². The van der Waals surface area contributed by atoms with E-state index in [4.69, 9.17) is 4.42 Å². The summed E-state index contributed by atoms with van der Waals surface area (Å²) in [5.74, 6) is 0.674. The van der Waals surface area contributed by atoms with Crippen molar-refractivity contribution in [3.63, 3.8) is 0 Å². The van der Waals surface area contributed by atoms with E-state index < -0.39 is 4.92 Å². The maximum absolute atomic E-state index is 11.5. The van der Waals surface area contributed by atoms with Crippen LogP contribution in [0.1, 0.15) is 23.0 Å². The first-order valence-corrected chi connectivity index (χ1v) is 7.68. The van der Waals surface area contributed by atoms with E-state index in [0.717, 1.165) is 0 Å². The molecule has 0 saturated carbocycles. The fourth-order valence-corrected chi connectivity index (χ4v) is 2.28. The van der Waals surface area contributed by atoms with Crippen LogP contribution < -0.4 is 10.6 Å². The Morgan fingerprint density at radius 2 is 1.92 bits per heavy atom. The summed E-state index contributed by atoms with van der Waals surface area (Å²) in [6.07, 6.45) is 2.74. The first kappa shape index (κ1) is 17.1. The first-order valence-electron chi connectivity index (χ1n) is 7.68. The maximum Gasteiger partial charge on any atom is 0.353 e. The number of nitrogens with one attached hydrogen (secondary N) is 2. The molecule has 26 heavy (non-hydrogen) atoms. The summed E-state index contributed by atoms with van der Waals surface area (Å²) in [5, 5.41) is 17.3. The molecule has 0 aliphatic carbocycles. The molecule has 0 spiro atoms. The number of furan rings is 1. The summed E-state index contributed by atoms with van der Waals surface area (Å²) < 4.78 is 5.19. The van der Waals surface area contributed by atoms with Crippen LogP contribution in [0.15, 0.2) is 53.4 Å². The number of carbonyl (C=O) groups excluding carboxylic acids is 1. The number of rotatable bonds is 7. The normalized spacial score (nSPS) is 10.3. The summed E-state index contributed by atoms with van der Waals surface area (Å²) >= 11 is 0. The molecule has 0 atom stereocenters. The van der Waals surface area contributed by atoms with Crippen LogP contribution in [0.2, 0.25) is 0 Å². The Labute approximate surface area is 148 Å². The zero-order valence-electron chi connectivity index (χ0n) is 13.8. The Bertz CT molecular complexity index is 923. The summed E-state index contributed by atoms with van der Waals surface area (Å²) in [4.78, 5) is 30.2. The summed E-state index contributed by atoms with van der Waals surface area (Å²) in [7, 11) is 0. The molecule has 2 heterocycles. The number of nitro groups is 1. The van der Waals surface area contributed by atoms with Gasteiger partial charge in [0.15, 0.2) is 5.78 Å². The SMILES string of the molecule is CC(=O)c1ccc(Nc2ncnc(NCc3ccco3)c2[N+](=O)[O-])cc1. The Hall–Kier alpha value is -3.75. The minimum Gasteiger partial charge on any atom is -0.467 e. The van der Waals surface area contributed by atoms with Crippen LogP contribution >= 0.6 is 0 Å².